The van der Waals surface area contributed by atoms with Crippen LogP contribution in [0.1, 0.15) is 17.0 Å². The highest BCUT2D eigenvalue weighted by Gasteiger charge is 2.38. The Morgan fingerprint density at radius 2 is 1.39 bits per heavy atom. The molecule has 2 aromatic rings. The molecule has 0 aliphatic carbocycles. The zero-order valence-electron chi connectivity index (χ0n) is 19.7. The Morgan fingerprint density at radius 1 is 0.917 bits per heavy atom. The van der Waals surface area contributed by atoms with E-state index in [0.29, 0.717) is 0 Å². The number of carbonyl (C=O) groups is 2. The van der Waals surface area contributed by atoms with E-state index in [9.17, 15) is 26.3 Å². The Hall–Kier alpha value is -3.13. The van der Waals surface area contributed by atoms with E-state index in [2.05, 4.69) is 57.6 Å². The molecule has 0 saturated carbocycles. The first-order valence-electron chi connectivity index (χ1n) is 10.7. The van der Waals surface area contributed by atoms with Gasteiger partial charge in [0, 0.05) is 52.2 Å². The van der Waals surface area contributed by atoms with E-state index in [4.69, 9.17) is 19.8 Å². The van der Waals surface area contributed by atoms with Gasteiger partial charge in [0.2, 0.25) is 0 Å². The van der Waals surface area contributed by atoms with E-state index >= 15 is 0 Å². The van der Waals surface area contributed by atoms with Crippen LogP contribution in [0.2, 0.25) is 0 Å². The van der Waals surface area contributed by atoms with Gasteiger partial charge in [-0.25, -0.2) is 14.6 Å². The van der Waals surface area contributed by atoms with Crippen LogP contribution in [0.25, 0.3) is 0 Å². The van der Waals surface area contributed by atoms with Crippen molar-refractivity contribution in [2.24, 2.45) is 7.05 Å². The largest absolute Gasteiger partial charge is 0.490 e. The van der Waals surface area contributed by atoms with Gasteiger partial charge in [0.1, 0.15) is 5.82 Å². The molecule has 1 saturated heterocycles. The molecule has 1 aromatic carbocycles. The van der Waals surface area contributed by atoms with Crippen LogP contribution < -0.4 is 0 Å². The van der Waals surface area contributed by atoms with E-state index in [-0.39, 0.29) is 0 Å². The van der Waals surface area contributed by atoms with Gasteiger partial charge in [-0.3, -0.25) is 4.90 Å². The summed E-state index contributed by atoms with van der Waals surface area (Å²) < 4.78 is 65.6. The number of aromatic nitrogens is 2. The Bertz CT molecular complexity index is 946. The minimum Gasteiger partial charge on any atom is -0.475 e. The minimum atomic E-state index is -5.08. The number of carboxylic acid groups (broad SMARTS) is 2. The summed E-state index contributed by atoms with van der Waals surface area (Å²) in [6, 6.07) is 8.73. The Kier molecular flexibility index (Phi) is 11.9. The fourth-order valence-electron chi connectivity index (χ4n) is 3.09. The molecule has 0 spiro atoms. The first-order valence-corrected chi connectivity index (χ1v) is 10.7. The second-order valence-corrected chi connectivity index (χ2v) is 7.85. The standard InChI is InChI=1S/C18H26N4.2C2HF3O2/c1-16-5-3-4-6-17(16)7-9-21-11-13-22(14-12-21)15-18-19-8-10-20(18)2;2*3-2(4,5)1(6)7/h3-6,8,10H,7,9,11-15H2,1-2H3;2*(H,6,7). The molecular formula is C22H28F6N4O4. The second kappa shape index (κ2) is 13.8. The summed E-state index contributed by atoms with van der Waals surface area (Å²) in [7, 11) is 2.07. The number of hydrogen-bond acceptors (Lipinski definition) is 5. The molecule has 1 aromatic heterocycles. The summed E-state index contributed by atoms with van der Waals surface area (Å²) in [6.07, 6.45) is -5.10. The first kappa shape index (κ1) is 30.9. The smallest absolute Gasteiger partial charge is 0.475 e. The van der Waals surface area contributed by atoms with Crippen molar-refractivity contribution < 1.29 is 46.1 Å². The van der Waals surface area contributed by atoms with Crippen LogP contribution in [-0.4, -0.2) is 86.6 Å². The molecule has 1 aliphatic heterocycles. The SMILES string of the molecule is Cc1ccccc1CCN1CCN(Cc2nccn2C)CC1.O=C(O)C(F)(F)F.O=C(O)C(F)(F)F. The Morgan fingerprint density at radius 3 is 1.81 bits per heavy atom. The van der Waals surface area contributed by atoms with Gasteiger partial charge in [-0.15, -0.1) is 0 Å². The quantitative estimate of drug-likeness (QED) is 0.577. The van der Waals surface area contributed by atoms with Crippen molar-refractivity contribution in [1.82, 2.24) is 19.4 Å². The molecule has 202 valence electrons. The van der Waals surface area contributed by atoms with E-state index in [1.165, 1.54) is 17.7 Å². The van der Waals surface area contributed by atoms with E-state index in [0.717, 1.165) is 45.0 Å². The minimum absolute atomic E-state index is 0.967. The highest BCUT2D eigenvalue weighted by molar-refractivity contribution is 5.73. The van der Waals surface area contributed by atoms with E-state index < -0.39 is 24.3 Å². The van der Waals surface area contributed by atoms with Crippen LogP contribution >= 0.6 is 0 Å². The number of carboxylic acids is 2. The van der Waals surface area contributed by atoms with Crippen LogP contribution in [0.3, 0.4) is 0 Å². The van der Waals surface area contributed by atoms with Gasteiger partial charge < -0.3 is 19.7 Å². The van der Waals surface area contributed by atoms with Crippen LogP contribution in [0.4, 0.5) is 26.3 Å². The molecule has 0 unspecified atom stereocenters. The van der Waals surface area contributed by atoms with Gasteiger partial charge in [0.25, 0.3) is 0 Å². The second-order valence-electron chi connectivity index (χ2n) is 7.85. The number of aliphatic carboxylic acids is 2. The molecule has 0 atom stereocenters. The molecule has 0 bridgehead atoms. The van der Waals surface area contributed by atoms with E-state index in [1.54, 1.807) is 0 Å². The van der Waals surface area contributed by atoms with Gasteiger partial charge in [0.05, 0.1) is 6.54 Å². The molecule has 3 rings (SSSR count). The summed E-state index contributed by atoms with van der Waals surface area (Å²) in [5, 5.41) is 14.2. The van der Waals surface area contributed by atoms with Gasteiger partial charge >= 0.3 is 24.3 Å². The highest BCUT2D eigenvalue weighted by Crippen LogP contribution is 2.14. The van der Waals surface area contributed by atoms with Crippen LogP contribution in [0.15, 0.2) is 36.7 Å². The van der Waals surface area contributed by atoms with Gasteiger partial charge in [0.15, 0.2) is 0 Å². The maximum Gasteiger partial charge on any atom is 0.490 e. The van der Waals surface area contributed by atoms with Crippen molar-refractivity contribution in [3.8, 4) is 0 Å². The lowest BCUT2D eigenvalue weighted by molar-refractivity contribution is -0.193. The molecule has 1 fully saturated rings. The molecule has 1 aliphatic rings. The monoisotopic (exact) mass is 526 g/mol. The Balaban J connectivity index is 0.000000383. The van der Waals surface area contributed by atoms with Gasteiger partial charge in [-0.1, -0.05) is 24.3 Å². The summed E-state index contributed by atoms with van der Waals surface area (Å²) in [6.45, 7) is 8.95. The number of rotatable bonds is 5. The van der Waals surface area contributed by atoms with Gasteiger partial charge in [-0.2, -0.15) is 26.3 Å². The molecule has 0 amide bonds. The van der Waals surface area contributed by atoms with Crippen molar-refractivity contribution in [1.29, 1.82) is 0 Å². The van der Waals surface area contributed by atoms with E-state index in [1.807, 2.05) is 12.4 Å². The number of hydrogen-bond donors (Lipinski definition) is 2. The van der Waals surface area contributed by atoms with Crippen LogP contribution in [0.5, 0.6) is 0 Å². The van der Waals surface area contributed by atoms with Crippen molar-refractivity contribution in [3.63, 3.8) is 0 Å². The van der Waals surface area contributed by atoms with Crippen molar-refractivity contribution in [3.05, 3.63) is 53.6 Å². The predicted molar refractivity (Wildman–Crippen MR) is 117 cm³/mol. The van der Waals surface area contributed by atoms with Gasteiger partial charge in [-0.05, 0) is 24.5 Å². The number of imidazole rings is 1. The van der Waals surface area contributed by atoms with Crippen molar-refractivity contribution in [2.45, 2.75) is 32.2 Å². The number of alkyl halides is 6. The van der Waals surface area contributed by atoms with Crippen molar-refractivity contribution >= 4 is 11.9 Å². The lowest BCUT2D eigenvalue weighted by atomic mass is 10.1. The molecule has 0 radical (unpaired) electrons. The summed E-state index contributed by atoms with van der Waals surface area (Å²) in [5.41, 5.74) is 2.90. The Labute approximate surface area is 203 Å². The average molecular weight is 526 g/mol. The fraction of sp³-hybridized carbons (Fsp3) is 0.500. The maximum atomic E-state index is 10.6. The number of halogens is 6. The van der Waals surface area contributed by atoms with Crippen molar-refractivity contribution in [2.75, 3.05) is 32.7 Å². The molecule has 36 heavy (non-hydrogen) atoms. The molecule has 2 heterocycles. The third kappa shape index (κ3) is 11.5. The maximum absolute atomic E-state index is 10.6. The van der Waals surface area contributed by atoms with Crippen LogP contribution in [0, 0.1) is 6.92 Å². The average Bonchev–Trinajstić information content (AvgIpc) is 3.18. The zero-order valence-corrected chi connectivity index (χ0v) is 19.7. The third-order valence-corrected chi connectivity index (χ3v) is 5.19. The molecule has 14 heteroatoms. The predicted octanol–water partition coefficient (Wildman–Crippen LogP) is 3.36. The summed E-state index contributed by atoms with van der Waals surface area (Å²) >= 11 is 0. The lowest BCUT2D eigenvalue weighted by Crippen LogP contribution is -2.46. The number of benzene rings is 1. The lowest BCUT2D eigenvalue weighted by Gasteiger charge is -2.34. The number of nitrogens with zero attached hydrogens (tertiary/aromatic N) is 4. The highest BCUT2D eigenvalue weighted by atomic mass is 19.4. The first-order chi connectivity index (χ1) is 16.6. The molecular weight excluding hydrogens is 498 g/mol. The summed E-state index contributed by atoms with van der Waals surface area (Å²) in [5.74, 6) is -4.35. The topological polar surface area (TPSA) is 98.9 Å². The molecule has 8 nitrogen and oxygen atoms in total. The van der Waals surface area contributed by atoms with Crippen LogP contribution in [-0.2, 0) is 29.6 Å². The summed E-state index contributed by atoms with van der Waals surface area (Å²) in [4.78, 5) is 27.3. The normalized spacial score (nSPS) is 14.8. The molecule has 2 N–H and O–H groups in total. The zero-order chi connectivity index (χ0) is 27.5. The fourth-order valence-corrected chi connectivity index (χ4v) is 3.09. The number of piperazine rings is 1. The third-order valence-electron chi connectivity index (χ3n) is 5.19. The number of aryl methyl sites for hydroxylation is 2.